The molecule has 9 heteroatoms. The molecule has 6 rings (SSSR count). The van der Waals surface area contributed by atoms with Crippen molar-refractivity contribution in [1.29, 1.82) is 0 Å². The third kappa shape index (κ3) is 8.44. The van der Waals surface area contributed by atoms with Gasteiger partial charge in [-0.3, -0.25) is 10.2 Å². The first-order valence-corrected chi connectivity index (χ1v) is 17.2. The van der Waals surface area contributed by atoms with E-state index >= 15 is 0 Å². The highest BCUT2D eigenvalue weighted by atomic mass is 35.5. The van der Waals surface area contributed by atoms with E-state index in [0.29, 0.717) is 46.8 Å². The van der Waals surface area contributed by atoms with Gasteiger partial charge in [-0.2, -0.15) is 0 Å². The summed E-state index contributed by atoms with van der Waals surface area (Å²) in [6.45, 7) is 0.770. The molecule has 0 bridgehead atoms. The van der Waals surface area contributed by atoms with E-state index < -0.39 is 11.6 Å². The van der Waals surface area contributed by atoms with E-state index in [9.17, 15) is 4.79 Å². The van der Waals surface area contributed by atoms with Crippen molar-refractivity contribution in [1.82, 2.24) is 10.9 Å². The van der Waals surface area contributed by atoms with Gasteiger partial charge in [-0.15, -0.1) is 0 Å². The Hall–Kier alpha value is -4.92. The highest BCUT2D eigenvalue weighted by Crippen LogP contribution is 2.43. The molecule has 1 amide bonds. The topological polar surface area (TPSA) is 92.2 Å². The maximum Gasteiger partial charge on any atom is 0.266 e. The zero-order chi connectivity index (χ0) is 34.8. The van der Waals surface area contributed by atoms with Gasteiger partial charge in [-0.05, 0) is 64.2 Å². The van der Waals surface area contributed by atoms with Crippen LogP contribution in [-0.4, -0.2) is 35.7 Å². The number of benzene rings is 5. The lowest BCUT2D eigenvalue weighted by Crippen LogP contribution is -2.52. The van der Waals surface area contributed by atoms with Crippen LogP contribution in [0.4, 0.5) is 0 Å². The summed E-state index contributed by atoms with van der Waals surface area (Å²) in [7, 11) is 0. The van der Waals surface area contributed by atoms with Crippen molar-refractivity contribution >= 4 is 41.1 Å². The second kappa shape index (κ2) is 16.7. The third-order valence-corrected chi connectivity index (χ3v) is 9.11. The molecule has 5 aromatic carbocycles. The average Bonchev–Trinajstić information content (AvgIpc) is 3.55. The summed E-state index contributed by atoms with van der Waals surface area (Å²) in [4.78, 5) is 19.6. The van der Waals surface area contributed by atoms with E-state index in [1.54, 1.807) is 12.1 Å². The predicted octanol–water partition coefficient (Wildman–Crippen LogP) is 8.60. The Morgan fingerprint density at radius 3 is 2.22 bits per heavy atom. The molecule has 0 unspecified atom stereocenters. The van der Waals surface area contributed by atoms with Crippen LogP contribution in [0.5, 0.6) is 5.75 Å². The van der Waals surface area contributed by atoms with Crippen LogP contribution >= 0.6 is 23.2 Å². The molecule has 3 N–H and O–H groups in total. The first-order chi connectivity index (χ1) is 24.4. The van der Waals surface area contributed by atoms with Crippen LogP contribution in [0.2, 0.25) is 10.0 Å². The summed E-state index contributed by atoms with van der Waals surface area (Å²) < 4.78 is 12.4. The molecule has 0 spiro atoms. The molecule has 0 aliphatic carbocycles. The first kappa shape index (κ1) is 34.9. The number of nitrogens with zero attached hydrogens (tertiary/aromatic N) is 1. The first-order valence-electron chi connectivity index (χ1n) is 16.4. The van der Waals surface area contributed by atoms with E-state index in [-0.39, 0.29) is 18.9 Å². The zero-order valence-corrected chi connectivity index (χ0v) is 28.8. The normalized spacial score (nSPS) is 16.9. The second-order valence-electron chi connectivity index (χ2n) is 11.9. The minimum Gasteiger partial charge on any atom is -0.494 e. The van der Waals surface area contributed by atoms with Crippen LogP contribution in [0, 0.1) is 0 Å². The van der Waals surface area contributed by atoms with E-state index in [0.717, 1.165) is 27.8 Å². The number of carbonyl (C=O) groups excluding carboxylic acids is 1. The number of aliphatic hydroxyl groups is 1. The summed E-state index contributed by atoms with van der Waals surface area (Å²) in [5.41, 5.74) is 10.1. The van der Waals surface area contributed by atoms with Gasteiger partial charge in [0.05, 0.1) is 16.7 Å². The number of halogens is 2. The van der Waals surface area contributed by atoms with Crippen molar-refractivity contribution in [3.63, 3.8) is 0 Å². The molecule has 5 aromatic rings. The van der Waals surface area contributed by atoms with Crippen LogP contribution in [-0.2, 0) is 16.1 Å². The lowest BCUT2D eigenvalue weighted by atomic mass is 9.84. The van der Waals surface area contributed by atoms with Gasteiger partial charge in [0.15, 0.2) is 11.6 Å². The number of amides is 1. The standard InChI is InChI=1S/C41H37Cl2N3O4/c42-36-23-14-30(27-37(36)43)28-44-46-40(48)41(24-7-11-29-9-3-1-4-10-29)38(33-17-15-32(16-18-33)31-12-5-2-6-13-31)50-39(45-41)34-19-21-35(22-20-34)49-26-8-25-47/h1-7,9-23,27,38,44,47H,8,24-26,28H2,(H,46,48)/b11-7+/t38-,41-/m0/s1. The molecule has 0 radical (unpaired) electrons. The number of hydrazine groups is 1. The maximum atomic E-state index is 14.5. The lowest BCUT2D eigenvalue weighted by Gasteiger charge is -2.30. The Morgan fingerprint density at radius 2 is 1.52 bits per heavy atom. The Balaban J connectivity index is 1.35. The van der Waals surface area contributed by atoms with Gasteiger partial charge in [-0.25, -0.2) is 10.4 Å². The minimum atomic E-state index is -1.38. The summed E-state index contributed by atoms with van der Waals surface area (Å²) >= 11 is 12.3. The molecule has 0 saturated carbocycles. The number of carbonyl (C=O) groups is 1. The lowest BCUT2D eigenvalue weighted by molar-refractivity contribution is -0.129. The monoisotopic (exact) mass is 705 g/mol. The fourth-order valence-corrected chi connectivity index (χ4v) is 6.04. The van der Waals surface area contributed by atoms with Crippen LogP contribution in [0.1, 0.15) is 41.2 Å². The molecule has 0 aromatic heterocycles. The number of ether oxygens (including phenoxy) is 2. The fourth-order valence-electron chi connectivity index (χ4n) is 5.72. The van der Waals surface area contributed by atoms with Gasteiger partial charge in [0.25, 0.3) is 5.91 Å². The SMILES string of the molecule is O=C(NNCc1ccc(Cl)c(Cl)c1)[C@@]1(C/C=C/c2ccccc2)N=C(c2ccc(OCCCO)cc2)O[C@H]1c1ccc(-c2ccccc2)cc1. The van der Waals surface area contributed by atoms with Crippen molar-refractivity contribution in [3.8, 4) is 16.9 Å². The Kier molecular flexibility index (Phi) is 11.6. The van der Waals surface area contributed by atoms with Crippen LogP contribution < -0.4 is 15.6 Å². The number of hydrogen-bond acceptors (Lipinski definition) is 6. The molecule has 1 aliphatic heterocycles. The fraction of sp³-hybridized carbons (Fsp3) is 0.171. The predicted molar refractivity (Wildman–Crippen MR) is 200 cm³/mol. The molecule has 7 nitrogen and oxygen atoms in total. The van der Waals surface area contributed by atoms with Crippen molar-refractivity contribution < 1.29 is 19.4 Å². The van der Waals surface area contributed by atoms with Gasteiger partial charge in [-0.1, -0.05) is 126 Å². The maximum absolute atomic E-state index is 14.5. The second-order valence-corrected chi connectivity index (χ2v) is 12.7. The van der Waals surface area contributed by atoms with Crippen molar-refractivity contribution in [2.75, 3.05) is 13.2 Å². The van der Waals surface area contributed by atoms with Gasteiger partial charge < -0.3 is 14.6 Å². The molecule has 0 fully saturated rings. The number of aliphatic hydroxyl groups excluding tert-OH is 1. The number of rotatable bonds is 14. The van der Waals surface area contributed by atoms with Gasteiger partial charge in [0.1, 0.15) is 5.75 Å². The van der Waals surface area contributed by atoms with E-state index in [2.05, 4.69) is 23.0 Å². The Labute approximate surface area is 302 Å². The molecule has 50 heavy (non-hydrogen) atoms. The average molecular weight is 707 g/mol. The van der Waals surface area contributed by atoms with Crippen LogP contribution in [0.15, 0.2) is 138 Å². The summed E-state index contributed by atoms with van der Waals surface area (Å²) in [5.74, 6) is 0.651. The van der Waals surface area contributed by atoms with Gasteiger partial charge in [0.2, 0.25) is 5.90 Å². The summed E-state index contributed by atoms with van der Waals surface area (Å²) in [5, 5.41) is 10.0. The number of aliphatic imine (C=N–C) groups is 1. The third-order valence-electron chi connectivity index (χ3n) is 8.37. The summed E-state index contributed by atoms with van der Waals surface area (Å²) in [6.07, 6.45) is 3.98. The molecule has 254 valence electrons. The van der Waals surface area contributed by atoms with E-state index in [1.165, 1.54) is 0 Å². The van der Waals surface area contributed by atoms with Gasteiger partial charge >= 0.3 is 0 Å². The molecule has 1 heterocycles. The smallest absolute Gasteiger partial charge is 0.266 e. The number of hydrogen-bond donors (Lipinski definition) is 3. The molecule has 0 saturated heterocycles. The molecule has 2 atom stereocenters. The van der Waals surface area contributed by atoms with Crippen LogP contribution in [0.25, 0.3) is 17.2 Å². The highest BCUT2D eigenvalue weighted by Gasteiger charge is 2.52. The van der Waals surface area contributed by atoms with E-state index in [1.807, 2.05) is 115 Å². The molecule has 1 aliphatic rings. The highest BCUT2D eigenvalue weighted by molar-refractivity contribution is 6.42. The van der Waals surface area contributed by atoms with Gasteiger partial charge in [0, 0.05) is 31.6 Å². The molecular weight excluding hydrogens is 669 g/mol. The Bertz CT molecular complexity index is 1940. The van der Waals surface area contributed by atoms with E-state index in [4.69, 9.17) is 42.8 Å². The van der Waals surface area contributed by atoms with Crippen LogP contribution in [0.3, 0.4) is 0 Å². The number of nitrogens with one attached hydrogen (secondary N) is 2. The minimum absolute atomic E-state index is 0.0572. The zero-order valence-electron chi connectivity index (χ0n) is 27.3. The summed E-state index contributed by atoms with van der Waals surface area (Å²) in [6, 6.07) is 40.8. The van der Waals surface area contributed by atoms with Crippen molar-refractivity contribution in [2.45, 2.75) is 31.0 Å². The quantitative estimate of drug-likeness (QED) is 0.0795. The van der Waals surface area contributed by atoms with Crippen molar-refractivity contribution in [2.24, 2.45) is 4.99 Å². The largest absolute Gasteiger partial charge is 0.494 e. The Morgan fingerprint density at radius 1 is 0.840 bits per heavy atom. The molecular formula is C41H37Cl2N3O4. The van der Waals surface area contributed by atoms with Crippen molar-refractivity contribution in [3.05, 3.63) is 166 Å².